The van der Waals surface area contributed by atoms with Crippen LogP contribution in [-0.2, 0) is 0 Å². The van der Waals surface area contributed by atoms with E-state index in [1.807, 2.05) is 42.7 Å². The monoisotopic (exact) mass is 586 g/mol. The molecule has 0 radical (unpaired) electrons. The number of nitrogens with one attached hydrogen (secondary N) is 2. The third-order valence-corrected chi connectivity index (χ3v) is 6.09. The lowest BCUT2D eigenvalue weighted by molar-refractivity contribution is -0.274. The number of halogens is 5. The number of ether oxygens (including phenoxy) is 1. The average Bonchev–Trinajstić information content (AvgIpc) is 2.61. The van der Waals surface area contributed by atoms with Crippen LogP contribution in [0.3, 0.4) is 0 Å². The van der Waals surface area contributed by atoms with Crippen LogP contribution < -0.4 is 15.4 Å². The standard InChI is InChI=1S/C20H19ClF3IN2O3S/c1-19(2,10-31-3)27-18(29)16-12(5-4-6-14(16)25)17(28)26-15-8-7-11(9-13(15)21)30-20(22,23)24/h4-9H,10H2,1-3H3,(H,26,28)(H,27,29). The predicted octanol–water partition coefficient (Wildman–Crippen LogP) is 5.97. The van der Waals surface area contributed by atoms with Gasteiger partial charge in [0.15, 0.2) is 0 Å². The van der Waals surface area contributed by atoms with E-state index in [-0.39, 0.29) is 21.8 Å². The highest BCUT2D eigenvalue weighted by atomic mass is 127. The van der Waals surface area contributed by atoms with E-state index in [4.69, 9.17) is 11.6 Å². The molecule has 0 fully saturated rings. The van der Waals surface area contributed by atoms with Crippen molar-refractivity contribution in [2.24, 2.45) is 0 Å². The topological polar surface area (TPSA) is 67.4 Å². The fourth-order valence-corrected chi connectivity index (χ4v) is 4.45. The molecule has 5 nitrogen and oxygen atoms in total. The summed E-state index contributed by atoms with van der Waals surface area (Å²) in [5, 5.41) is 5.31. The first-order valence-corrected chi connectivity index (χ1v) is 11.6. The number of hydrogen-bond acceptors (Lipinski definition) is 4. The zero-order valence-electron chi connectivity index (χ0n) is 16.7. The van der Waals surface area contributed by atoms with Crippen LogP contribution >= 0.6 is 46.0 Å². The molecule has 2 N–H and O–H groups in total. The van der Waals surface area contributed by atoms with Crippen LogP contribution in [0.2, 0.25) is 5.02 Å². The van der Waals surface area contributed by atoms with Gasteiger partial charge in [-0.15, -0.1) is 13.2 Å². The number of anilines is 1. The second-order valence-corrected chi connectivity index (χ2v) is 9.51. The number of alkyl halides is 3. The van der Waals surface area contributed by atoms with Gasteiger partial charge in [-0.1, -0.05) is 17.7 Å². The van der Waals surface area contributed by atoms with E-state index >= 15 is 0 Å². The Labute approximate surface area is 200 Å². The maximum absolute atomic E-state index is 12.9. The Hall–Kier alpha value is -1.66. The summed E-state index contributed by atoms with van der Waals surface area (Å²) in [5.74, 6) is -0.876. The lowest BCUT2D eigenvalue weighted by Gasteiger charge is -2.26. The highest BCUT2D eigenvalue weighted by Gasteiger charge is 2.31. The second kappa shape index (κ2) is 10.3. The van der Waals surface area contributed by atoms with Gasteiger partial charge in [0.25, 0.3) is 11.8 Å². The second-order valence-electron chi connectivity index (χ2n) is 7.08. The molecule has 0 heterocycles. The first-order chi connectivity index (χ1) is 14.3. The van der Waals surface area contributed by atoms with Gasteiger partial charge < -0.3 is 15.4 Å². The molecular formula is C20H19ClF3IN2O3S. The number of rotatable bonds is 7. The highest BCUT2D eigenvalue weighted by molar-refractivity contribution is 14.1. The van der Waals surface area contributed by atoms with Gasteiger partial charge in [0, 0.05) is 20.9 Å². The van der Waals surface area contributed by atoms with Crippen molar-refractivity contribution in [3.8, 4) is 5.75 Å². The van der Waals surface area contributed by atoms with Crippen molar-refractivity contribution < 1.29 is 27.5 Å². The van der Waals surface area contributed by atoms with Gasteiger partial charge in [-0.2, -0.15) is 11.8 Å². The summed E-state index contributed by atoms with van der Waals surface area (Å²) in [4.78, 5) is 25.8. The van der Waals surface area contributed by atoms with Crippen LogP contribution in [0.4, 0.5) is 18.9 Å². The van der Waals surface area contributed by atoms with E-state index in [1.165, 1.54) is 12.1 Å². The van der Waals surface area contributed by atoms with Crippen molar-refractivity contribution in [1.29, 1.82) is 0 Å². The molecule has 0 saturated carbocycles. The van der Waals surface area contributed by atoms with Crippen LogP contribution in [-0.4, -0.2) is 35.7 Å². The zero-order chi connectivity index (χ0) is 23.4. The van der Waals surface area contributed by atoms with Crippen LogP contribution in [0.25, 0.3) is 0 Å². The molecular weight excluding hydrogens is 568 g/mol. The Balaban J connectivity index is 2.29. The van der Waals surface area contributed by atoms with Crippen molar-refractivity contribution in [1.82, 2.24) is 5.32 Å². The number of carbonyl (C=O) groups excluding carboxylic acids is 2. The minimum atomic E-state index is -4.86. The Bertz CT molecular complexity index is 987. The molecule has 0 aliphatic heterocycles. The summed E-state index contributed by atoms with van der Waals surface area (Å²) >= 11 is 9.54. The number of hydrogen-bond donors (Lipinski definition) is 2. The van der Waals surface area contributed by atoms with Crippen molar-refractivity contribution in [3.63, 3.8) is 0 Å². The molecule has 0 saturated heterocycles. The molecule has 2 aromatic carbocycles. The first kappa shape index (κ1) is 25.6. The fraction of sp³-hybridized carbons (Fsp3) is 0.300. The van der Waals surface area contributed by atoms with Crippen molar-refractivity contribution in [2.75, 3.05) is 17.3 Å². The van der Waals surface area contributed by atoms with Gasteiger partial charge in [-0.05, 0) is 67.0 Å². The van der Waals surface area contributed by atoms with Crippen LogP contribution in [0, 0.1) is 3.57 Å². The highest BCUT2D eigenvalue weighted by Crippen LogP contribution is 2.31. The Morgan fingerprint density at radius 1 is 1.16 bits per heavy atom. The van der Waals surface area contributed by atoms with E-state index in [0.717, 1.165) is 12.1 Å². The molecule has 0 aliphatic carbocycles. The Morgan fingerprint density at radius 3 is 2.42 bits per heavy atom. The molecule has 31 heavy (non-hydrogen) atoms. The van der Waals surface area contributed by atoms with Crippen LogP contribution in [0.5, 0.6) is 5.75 Å². The van der Waals surface area contributed by atoms with Gasteiger partial charge in [0.2, 0.25) is 0 Å². The number of amides is 2. The smallest absolute Gasteiger partial charge is 0.406 e. The maximum atomic E-state index is 12.9. The molecule has 0 spiro atoms. The normalized spacial score (nSPS) is 11.7. The predicted molar refractivity (Wildman–Crippen MR) is 125 cm³/mol. The van der Waals surface area contributed by atoms with E-state index in [9.17, 15) is 22.8 Å². The molecule has 2 aromatic rings. The molecule has 168 valence electrons. The summed E-state index contributed by atoms with van der Waals surface area (Å²) in [6.07, 6.45) is -2.94. The molecule has 0 bridgehead atoms. The Morgan fingerprint density at radius 2 is 1.84 bits per heavy atom. The van der Waals surface area contributed by atoms with E-state index in [2.05, 4.69) is 15.4 Å². The van der Waals surface area contributed by atoms with Gasteiger partial charge in [-0.3, -0.25) is 9.59 Å². The van der Waals surface area contributed by atoms with Crippen LogP contribution in [0.15, 0.2) is 36.4 Å². The van der Waals surface area contributed by atoms with Crippen molar-refractivity contribution in [2.45, 2.75) is 25.7 Å². The molecule has 2 amide bonds. The van der Waals surface area contributed by atoms with Gasteiger partial charge in [-0.25, -0.2) is 0 Å². The average molecular weight is 587 g/mol. The first-order valence-electron chi connectivity index (χ1n) is 8.79. The number of thioether (sulfide) groups is 1. The molecule has 0 aliphatic rings. The van der Waals surface area contributed by atoms with Gasteiger partial charge >= 0.3 is 6.36 Å². The van der Waals surface area contributed by atoms with E-state index < -0.39 is 29.5 Å². The number of benzene rings is 2. The quantitative estimate of drug-likeness (QED) is 0.393. The maximum Gasteiger partial charge on any atom is 0.573 e. The van der Waals surface area contributed by atoms with E-state index in [0.29, 0.717) is 9.32 Å². The SMILES string of the molecule is CSCC(C)(C)NC(=O)c1c(I)cccc1C(=O)Nc1ccc(OC(F)(F)F)cc1Cl. The summed E-state index contributed by atoms with van der Waals surface area (Å²) < 4.78 is 41.4. The lowest BCUT2D eigenvalue weighted by Crippen LogP contribution is -2.46. The Kier molecular flexibility index (Phi) is 8.51. The minimum Gasteiger partial charge on any atom is -0.406 e. The molecule has 0 aromatic heterocycles. The van der Waals surface area contributed by atoms with Crippen molar-refractivity contribution in [3.05, 3.63) is 56.1 Å². The van der Waals surface area contributed by atoms with Crippen molar-refractivity contribution >= 4 is 63.5 Å². The molecule has 0 unspecified atom stereocenters. The number of carbonyl (C=O) groups is 2. The van der Waals surface area contributed by atoms with Gasteiger partial charge in [0.1, 0.15) is 5.75 Å². The van der Waals surface area contributed by atoms with Crippen LogP contribution in [0.1, 0.15) is 34.6 Å². The lowest BCUT2D eigenvalue weighted by atomic mass is 10.0. The van der Waals surface area contributed by atoms with Gasteiger partial charge in [0.05, 0.1) is 21.8 Å². The summed E-state index contributed by atoms with van der Waals surface area (Å²) in [7, 11) is 0. The van der Waals surface area contributed by atoms with E-state index in [1.54, 1.807) is 23.9 Å². The summed E-state index contributed by atoms with van der Waals surface area (Å²) in [6, 6.07) is 7.98. The fourth-order valence-electron chi connectivity index (χ4n) is 2.69. The largest absolute Gasteiger partial charge is 0.573 e. The molecule has 0 atom stereocenters. The minimum absolute atomic E-state index is 0.0779. The third kappa shape index (κ3) is 7.46. The summed E-state index contributed by atoms with van der Waals surface area (Å²) in [5.41, 5.74) is -0.117. The third-order valence-electron chi connectivity index (χ3n) is 3.86. The molecule has 11 heteroatoms. The molecule has 2 rings (SSSR count). The zero-order valence-corrected chi connectivity index (χ0v) is 20.4. The summed E-state index contributed by atoms with van der Waals surface area (Å²) in [6.45, 7) is 3.75.